The molecule has 0 N–H and O–H groups in total. The molecule has 66 valence electrons. The zero-order valence-electron chi connectivity index (χ0n) is 7.22. The Morgan fingerprint density at radius 2 is 2.31 bits per heavy atom. The highest BCUT2D eigenvalue weighted by Gasteiger charge is 2.20. The van der Waals surface area contributed by atoms with Gasteiger partial charge in [0, 0.05) is 12.4 Å². The minimum Gasteiger partial charge on any atom is -0.273 e. The molecular formula is C9H10N4. The van der Waals surface area contributed by atoms with Crippen molar-refractivity contribution in [3.63, 3.8) is 0 Å². The van der Waals surface area contributed by atoms with Crippen LogP contribution in [0.25, 0.3) is 5.78 Å². The second-order valence-electron chi connectivity index (χ2n) is 3.55. The van der Waals surface area contributed by atoms with Crippen molar-refractivity contribution in [2.75, 3.05) is 0 Å². The van der Waals surface area contributed by atoms with Gasteiger partial charge < -0.3 is 0 Å². The van der Waals surface area contributed by atoms with Gasteiger partial charge in [0.2, 0.25) is 0 Å². The summed E-state index contributed by atoms with van der Waals surface area (Å²) < 4.78 is 1.88. The summed E-state index contributed by atoms with van der Waals surface area (Å²) in [5.74, 6) is 1.40. The third-order valence-corrected chi connectivity index (χ3v) is 2.75. The van der Waals surface area contributed by atoms with Crippen LogP contribution in [0.3, 0.4) is 0 Å². The van der Waals surface area contributed by atoms with E-state index in [2.05, 4.69) is 21.4 Å². The van der Waals surface area contributed by atoms with Crippen molar-refractivity contribution < 1.29 is 0 Å². The normalized spacial score (nSPS) is 17.5. The maximum Gasteiger partial charge on any atom is 0.254 e. The molecule has 0 atom stereocenters. The molecule has 1 aliphatic rings. The Morgan fingerprint density at radius 3 is 3.08 bits per heavy atom. The van der Waals surface area contributed by atoms with Crippen LogP contribution in [-0.2, 0) is 0 Å². The Balaban J connectivity index is 2.09. The van der Waals surface area contributed by atoms with E-state index in [9.17, 15) is 0 Å². The quantitative estimate of drug-likeness (QED) is 0.656. The Kier molecular flexibility index (Phi) is 1.36. The van der Waals surface area contributed by atoms with Gasteiger partial charge in [-0.05, 0) is 24.3 Å². The van der Waals surface area contributed by atoms with E-state index < -0.39 is 0 Å². The van der Waals surface area contributed by atoms with Gasteiger partial charge in [0.25, 0.3) is 5.78 Å². The molecule has 1 aliphatic carbocycles. The fourth-order valence-electron chi connectivity index (χ4n) is 1.70. The molecule has 1 fully saturated rings. The minimum absolute atomic E-state index is 0.683. The highest BCUT2D eigenvalue weighted by molar-refractivity contribution is 5.28. The van der Waals surface area contributed by atoms with E-state index in [1.54, 1.807) is 6.33 Å². The van der Waals surface area contributed by atoms with Gasteiger partial charge in [0.05, 0.1) is 0 Å². The second kappa shape index (κ2) is 2.52. The Bertz CT molecular complexity index is 430. The smallest absolute Gasteiger partial charge is 0.254 e. The monoisotopic (exact) mass is 174 g/mol. The molecule has 3 rings (SSSR count). The predicted molar refractivity (Wildman–Crippen MR) is 47.4 cm³/mol. The summed E-state index contributed by atoms with van der Waals surface area (Å²) in [7, 11) is 0. The molecule has 4 nitrogen and oxygen atoms in total. The molecular weight excluding hydrogens is 164 g/mol. The number of fused-ring (bicyclic) bond motifs is 1. The number of hydrogen-bond donors (Lipinski definition) is 0. The highest BCUT2D eigenvalue weighted by atomic mass is 15.3. The van der Waals surface area contributed by atoms with Crippen LogP contribution in [0.4, 0.5) is 0 Å². The minimum atomic E-state index is 0.683. The molecule has 0 aromatic carbocycles. The standard InChI is InChI=1S/C9H10N4/c1-2-7(3-1)8-4-10-9-12-11-6-13(9)5-8/h4-7H,1-3H2. The van der Waals surface area contributed by atoms with Gasteiger partial charge in [-0.3, -0.25) is 4.40 Å². The third kappa shape index (κ3) is 1.02. The van der Waals surface area contributed by atoms with Gasteiger partial charge in [-0.1, -0.05) is 6.42 Å². The maximum atomic E-state index is 4.23. The first-order valence-electron chi connectivity index (χ1n) is 4.59. The predicted octanol–water partition coefficient (Wildman–Crippen LogP) is 1.39. The average molecular weight is 174 g/mol. The second-order valence-corrected chi connectivity index (χ2v) is 3.55. The fourth-order valence-corrected chi connectivity index (χ4v) is 1.70. The summed E-state index contributed by atoms with van der Waals surface area (Å²) >= 11 is 0. The lowest BCUT2D eigenvalue weighted by molar-refractivity contribution is 0.417. The number of hydrogen-bond acceptors (Lipinski definition) is 3. The van der Waals surface area contributed by atoms with E-state index in [0.717, 1.165) is 5.92 Å². The molecule has 0 unspecified atom stereocenters. The summed E-state index contributed by atoms with van der Waals surface area (Å²) in [6.45, 7) is 0. The first kappa shape index (κ1) is 7.00. The first-order valence-corrected chi connectivity index (χ1v) is 4.59. The van der Waals surface area contributed by atoms with Crippen molar-refractivity contribution in [1.82, 2.24) is 19.6 Å². The van der Waals surface area contributed by atoms with Crippen molar-refractivity contribution in [2.24, 2.45) is 0 Å². The van der Waals surface area contributed by atoms with Crippen LogP contribution >= 0.6 is 0 Å². The summed E-state index contributed by atoms with van der Waals surface area (Å²) in [5, 5.41) is 7.66. The van der Waals surface area contributed by atoms with Crippen molar-refractivity contribution >= 4 is 5.78 Å². The van der Waals surface area contributed by atoms with Crippen LogP contribution in [0.2, 0.25) is 0 Å². The molecule has 0 radical (unpaired) electrons. The van der Waals surface area contributed by atoms with E-state index in [0.29, 0.717) is 5.78 Å². The van der Waals surface area contributed by atoms with E-state index in [1.807, 2.05) is 10.6 Å². The molecule has 0 bridgehead atoms. The molecule has 0 spiro atoms. The van der Waals surface area contributed by atoms with Gasteiger partial charge >= 0.3 is 0 Å². The van der Waals surface area contributed by atoms with Gasteiger partial charge in [-0.15, -0.1) is 10.2 Å². The zero-order valence-corrected chi connectivity index (χ0v) is 7.22. The summed E-state index contributed by atoms with van der Waals surface area (Å²) in [4.78, 5) is 4.23. The Morgan fingerprint density at radius 1 is 1.38 bits per heavy atom. The fraction of sp³-hybridized carbons (Fsp3) is 0.444. The molecule has 0 amide bonds. The molecule has 2 heterocycles. The largest absolute Gasteiger partial charge is 0.273 e. The van der Waals surface area contributed by atoms with E-state index >= 15 is 0 Å². The lowest BCUT2D eigenvalue weighted by Crippen LogP contribution is -2.09. The molecule has 13 heavy (non-hydrogen) atoms. The number of nitrogens with zero attached hydrogens (tertiary/aromatic N) is 4. The van der Waals surface area contributed by atoms with Crippen LogP contribution in [0.1, 0.15) is 30.7 Å². The molecule has 0 aliphatic heterocycles. The Hall–Kier alpha value is -1.45. The SMILES string of the molecule is c1nc2nncn2cc1C1CCC1. The summed E-state index contributed by atoms with van der Waals surface area (Å²) in [6, 6.07) is 0. The van der Waals surface area contributed by atoms with Crippen LogP contribution < -0.4 is 0 Å². The van der Waals surface area contributed by atoms with Crippen LogP contribution in [-0.4, -0.2) is 19.6 Å². The van der Waals surface area contributed by atoms with Crippen LogP contribution in [0.15, 0.2) is 18.7 Å². The van der Waals surface area contributed by atoms with E-state index in [1.165, 1.54) is 24.8 Å². The van der Waals surface area contributed by atoms with Crippen molar-refractivity contribution in [2.45, 2.75) is 25.2 Å². The topological polar surface area (TPSA) is 43.1 Å². The molecule has 1 saturated carbocycles. The van der Waals surface area contributed by atoms with Crippen molar-refractivity contribution in [3.05, 3.63) is 24.3 Å². The highest BCUT2D eigenvalue weighted by Crippen LogP contribution is 2.35. The Labute approximate surface area is 75.6 Å². The van der Waals surface area contributed by atoms with E-state index in [-0.39, 0.29) is 0 Å². The van der Waals surface area contributed by atoms with Crippen molar-refractivity contribution in [3.8, 4) is 0 Å². The van der Waals surface area contributed by atoms with Gasteiger partial charge in [-0.2, -0.15) is 0 Å². The number of rotatable bonds is 1. The lowest BCUT2D eigenvalue weighted by atomic mass is 9.81. The van der Waals surface area contributed by atoms with Gasteiger partial charge in [-0.25, -0.2) is 4.98 Å². The third-order valence-electron chi connectivity index (χ3n) is 2.75. The molecule has 4 heteroatoms. The van der Waals surface area contributed by atoms with Gasteiger partial charge in [0.1, 0.15) is 6.33 Å². The van der Waals surface area contributed by atoms with Crippen LogP contribution in [0.5, 0.6) is 0 Å². The number of aromatic nitrogens is 4. The zero-order chi connectivity index (χ0) is 8.67. The average Bonchev–Trinajstić information content (AvgIpc) is 2.47. The van der Waals surface area contributed by atoms with Crippen molar-refractivity contribution in [1.29, 1.82) is 0 Å². The summed E-state index contributed by atoms with van der Waals surface area (Å²) in [6.07, 6.45) is 9.67. The molecule has 2 aromatic heterocycles. The summed E-state index contributed by atoms with van der Waals surface area (Å²) in [5.41, 5.74) is 1.32. The lowest BCUT2D eigenvalue weighted by Gasteiger charge is -2.25. The maximum absolute atomic E-state index is 4.23. The first-order chi connectivity index (χ1) is 6.43. The van der Waals surface area contributed by atoms with Crippen LogP contribution in [0, 0.1) is 0 Å². The molecule has 2 aromatic rings. The molecule has 0 saturated heterocycles. The van der Waals surface area contributed by atoms with E-state index in [4.69, 9.17) is 0 Å². The van der Waals surface area contributed by atoms with Gasteiger partial charge in [0.15, 0.2) is 0 Å².